The van der Waals surface area contributed by atoms with Gasteiger partial charge in [-0.3, -0.25) is 0 Å². The second-order valence-electron chi connectivity index (χ2n) is 11.4. The second-order valence-corrected chi connectivity index (χ2v) is 11.4. The van der Waals surface area contributed by atoms with Crippen LogP contribution in [-0.4, -0.2) is 12.9 Å². The SMILES string of the molecule is CCC(C)c1ccc2cc(OC(OCCC3CCCCC3)C3c4ccccc4-c4ccccc43)ccc2c1. The molecule has 2 atom stereocenters. The minimum Gasteiger partial charge on any atom is -0.464 e. The van der Waals surface area contributed by atoms with Gasteiger partial charge in [-0.15, -0.1) is 0 Å². The largest absolute Gasteiger partial charge is 0.464 e. The Balaban J connectivity index is 1.30. The van der Waals surface area contributed by atoms with Crippen LogP contribution < -0.4 is 4.74 Å². The van der Waals surface area contributed by atoms with Gasteiger partial charge in [-0.25, -0.2) is 0 Å². The van der Waals surface area contributed by atoms with Gasteiger partial charge in [-0.1, -0.05) is 119 Å². The molecule has 38 heavy (non-hydrogen) atoms. The summed E-state index contributed by atoms with van der Waals surface area (Å²) >= 11 is 0. The van der Waals surface area contributed by atoms with E-state index in [4.69, 9.17) is 9.47 Å². The molecule has 2 unspecified atom stereocenters. The zero-order valence-corrected chi connectivity index (χ0v) is 22.9. The fourth-order valence-corrected chi connectivity index (χ4v) is 6.50. The van der Waals surface area contributed by atoms with Gasteiger partial charge in [0.2, 0.25) is 6.29 Å². The maximum atomic E-state index is 6.79. The second kappa shape index (κ2) is 11.3. The molecule has 0 bridgehead atoms. The Kier molecular flexibility index (Phi) is 7.51. The minimum absolute atomic E-state index is 0.0530. The number of ether oxygens (including phenoxy) is 2. The monoisotopic (exact) mass is 504 g/mol. The van der Waals surface area contributed by atoms with E-state index in [1.807, 2.05) is 0 Å². The molecule has 0 aliphatic heterocycles. The molecular weight excluding hydrogens is 464 g/mol. The van der Waals surface area contributed by atoms with Gasteiger partial charge in [-0.2, -0.15) is 0 Å². The van der Waals surface area contributed by atoms with Crippen molar-refractivity contribution in [3.05, 3.63) is 102 Å². The predicted octanol–water partition coefficient (Wildman–Crippen LogP) is 9.86. The van der Waals surface area contributed by atoms with Crippen LogP contribution >= 0.6 is 0 Å². The Morgan fingerprint density at radius 1 is 0.763 bits per heavy atom. The third-order valence-corrected chi connectivity index (χ3v) is 8.96. The maximum Gasteiger partial charge on any atom is 0.210 e. The van der Waals surface area contributed by atoms with E-state index in [2.05, 4.69) is 98.8 Å². The highest BCUT2D eigenvalue weighted by Gasteiger charge is 2.36. The molecule has 196 valence electrons. The molecule has 0 aromatic heterocycles. The van der Waals surface area contributed by atoms with Crippen LogP contribution in [0.1, 0.15) is 87.3 Å². The molecule has 2 nitrogen and oxygen atoms in total. The van der Waals surface area contributed by atoms with Crippen LogP contribution in [0.4, 0.5) is 0 Å². The predicted molar refractivity (Wildman–Crippen MR) is 158 cm³/mol. The molecule has 4 aromatic rings. The van der Waals surface area contributed by atoms with Crippen LogP contribution in [0.5, 0.6) is 5.75 Å². The summed E-state index contributed by atoms with van der Waals surface area (Å²) in [6, 6.07) is 30.8. The molecule has 0 saturated heterocycles. The van der Waals surface area contributed by atoms with E-state index in [0.29, 0.717) is 5.92 Å². The molecule has 0 spiro atoms. The highest BCUT2D eigenvalue weighted by Crippen LogP contribution is 2.47. The lowest BCUT2D eigenvalue weighted by molar-refractivity contribution is -0.0926. The van der Waals surface area contributed by atoms with Gasteiger partial charge in [0.25, 0.3) is 0 Å². The summed E-state index contributed by atoms with van der Waals surface area (Å²) in [6.45, 7) is 5.28. The number of hydrogen-bond acceptors (Lipinski definition) is 2. The third-order valence-electron chi connectivity index (χ3n) is 8.96. The normalized spacial score (nSPS) is 17.2. The van der Waals surface area contributed by atoms with Gasteiger partial charge < -0.3 is 9.47 Å². The summed E-state index contributed by atoms with van der Waals surface area (Å²) in [4.78, 5) is 0. The zero-order valence-electron chi connectivity index (χ0n) is 22.9. The van der Waals surface area contributed by atoms with Crippen molar-refractivity contribution in [3.8, 4) is 16.9 Å². The Hall–Kier alpha value is -3.10. The highest BCUT2D eigenvalue weighted by molar-refractivity contribution is 5.84. The Morgan fingerprint density at radius 2 is 1.42 bits per heavy atom. The summed E-state index contributed by atoms with van der Waals surface area (Å²) in [5, 5.41) is 2.48. The average molecular weight is 505 g/mol. The maximum absolute atomic E-state index is 6.79. The molecule has 0 radical (unpaired) electrons. The first-order chi connectivity index (χ1) is 18.7. The Bertz CT molecular complexity index is 1340. The first kappa shape index (κ1) is 25.2. The lowest BCUT2D eigenvalue weighted by Gasteiger charge is -2.28. The molecular formula is C36H40O2. The number of rotatable bonds is 9. The van der Waals surface area contributed by atoms with Gasteiger partial charge in [0.05, 0.1) is 12.5 Å². The molecule has 1 fully saturated rings. The van der Waals surface area contributed by atoms with Crippen molar-refractivity contribution in [2.75, 3.05) is 6.61 Å². The van der Waals surface area contributed by atoms with E-state index in [1.165, 1.54) is 70.7 Å². The molecule has 2 heteroatoms. The van der Waals surface area contributed by atoms with Crippen molar-refractivity contribution >= 4 is 10.8 Å². The van der Waals surface area contributed by atoms with Crippen molar-refractivity contribution in [1.29, 1.82) is 0 Å². The molecule has 0 heterocycles. The number of fused-ring (bicyclic) bond motifs is 4. The molecule has 2 aliphatic carbocycles. The number of benzene rings is 4. The zero-order chi connectivity index (χ0) is 25.9. The quantitative estimate of drug-likeness (QED) is 0.211. The van der Waals surface area contributed by atoms with Gasteiger partial charge in [0.1, 0.15) is 5.75 Å². The lowest BCUT2D eigenvalue weighted by atomic mass is 9.87. The summed E-state index contributed by atoms with van der Waals surface area (Å²) in [5.41, 5.74) is 6.60. The van der Waals surface area contributed by atoms with Crippen LogP contribution in [0.2, 0.25) is 0 Å². The molecule has 0 amide bonds. The van der Waals surface area contributed by atoms with E-state index in [1.54, 1.807) is 0 Å². The fourth-order valence-electron chi connectivity index (χ4n) is 6.50. The van der Waals surface area contributed by atoms with Crippen LogP contribution in [0, 0.1) is 5.92 Å². The van der Waals surface area contributed by atoms with Crippen molar-refractivity contribution in [2.45, 2.75) is 76.9 Å². The first-order valence-electron chi connectivity index (χ1n) is 14.7. The van der Waals surface area contributed by atoms with Crippen LogP contribution in [0.3, 0.4) is 0 Å². The summed E-state index contributed by atoms with van der Waals surface area (Å²) in [7, 11) is 0. The van der Waals surface area contributed by atoms with Crippen molar-refractivity contribution in [2.24, 2.45) is 5.92 Å². The van der Waals surface area contributed by atoms with Gasteiger partial charge in [0, 0.05) is 0 Å². The minimum atomic E-state index is -0.375. The van der Waals surface area contributed by atoms with E-state index >= 15 is 0 Å². The van der Waals surface area contributed by atoms with Crippen molar-refractivity contribution in [3.63, 3.8) is 0 Å². The van der Waals surface area contributed by atoms with Crippen molar-refractivity contribution < 1.29 is 9.47 Å². The highest BCUT2D eigenvalue weighted by atomic mass is 16.7. The van der Waals surface area contributed by atoms with E-state index in [-0.39, 0.29) is 12.2 Å². The standard InChI is InChI=1S/C36H40O2/c1-3-25(2)27-17-18-29-24-30(20-19-28(29)23-27)38-36(37-22-21-26-11-5-4-6-12-26)35-33-15-9-7-13-31(33)32-14-8-10-16-34(32)35/h7-10,13-20,23-26,35-36H,3-6,11-12,21-22H2,1-2H3. The van der Waals surface area contributed by atoms with Gasteiger partial charge in [-0.05, 0) is 75.4 Å². The molecule has 2 aliphatic rings. The fraction of sp³-hybridized carbons (Fsp3) is 0.389. The van der Waals surface area contributed by atoms with E-state index in [0.717, 1.165) is 31.1 Å². The smallest absolute Gasteiger partial charge is 0.210 e. The molecule has 4 aromatic carbocycles. The third kappa shape index (κ3) is 5.12. The van der Waals surface area contributed by atoms with E-state index in [9.17, 15) is 0 Å². The molecule has 0 N–H and O–H groups in total. The van der Waals surface area contributed by atoms with Crippen LogP contribution in [-0.2, 0) is 4.74 Å². The first-order valence-corrected chi connectivity index (χ1v) is 14.7. The van der Waals surface area contributed by atoms with Gasteiger partial charge >= 0.3 is 0 Å². The average Bonchev–Trinajstić information content (AvgIpc) is 3.31. The molecule has 6 rings (SSSR count). The number of hydrogen-bond donors (Lipinski definition) is 0. The van der Waals surface area contributed by atoms with E-state index < -0.39 is 0 Å². The van der Waals surface area contributed by atoms with Crippen molar-refractivity contribution in [1.82, 2.24) is 0 Å². The lowest BCUT2D eigenvalue weighted by Crippen LogP contribution is -2.29. The summed E-state index contributed by atoms with van der Waals surface area (Å²) < 4.78 is 13.5. The molecule has 1 saturated carbocycles. The summed E-state index contributed by atoms with van der Waals surface area (Å²) in [6.07, 6.45) is 8.69. The summed E-state index contributed by atoms with van der Waals surface area (Å²) in [5.74, 6) is 2.28. The topological polar surface area (TPSA) is 18.5 Å². The Morgan fingerprint density at radius 3 is 2.13 bits per heavy atom. The Labute approximate surface area is 228 Å². The van der Waals surface area contributed by atoms with Crippen LogP contribution in [0.25, 0.3) is 21.9 Å². The van der Waals surface area contributed by atoms with Crippen LogP contribution in [0.15, 0.2) is 84.9 Å². The van der Waals surface area contributed by atoms with Gasteiger partial charge in [0.15, 0.2) is 0 Å².